The Morgan fingerprint density at radius 3 is 2.23 bits per heavy atom. The Morgan fingerprint density at radius 1 is 1.12 bits per heavy atom. The largest absolute Gasteiger partial charge is 0.550 e. The molecule has 1 amide bonds. The van der Waals surface area contributed by atoms with E-state index >= 15 is 0 Å². The van der Waals surface area contributed by atoms with Crippen LogP contribution in [0.5, 0.6) is 0 Å². The number of carbonyl (C=O) groups is 2. The van der Waals surface area contributed by atoms with E-state index in [4.69, 9.17) is 11.2 Å². The first-order valence-corrected chi connectivity index (χ1v) is 8.35. The molecule has 26 heavy (non-hydrogen) atoms. The Bertz CT molecular complexity index is 823. The minimum absolute atomic E-state index is 0.0552. The zero-order chi connectivity index (χ0) is 18.5. The van der Waals surface area contributed by atoms with Gasteiger partial charge in [-0.2, -0.15) is 0 Å². The lowest BCUT2D eigenvalue weighted by Crippen LogP contribution is -2.40. The van der Waals surface area contributed by atoms with E-state index in [0.29, 0.717) is 0 Å². The topological polar surface area (TPSA) is 78.5 Å². The Labute approximate surface area is 152 Å². The Morgan fingerprint density at radius 2 is 1.69 bits per heavy atom. The van der Waals surface area contributed by atoms with Gasteiger partial charge >= 0.3 is 6.09 Å². The minimum Gasteiger partial charge on any atom is -0.550 e. The van der Waals surface area contributed by atoms with E-state index in [2.05, 4.69) is 23.4 Å². The zero-order valence-corrected chi connectivity index (χ0v) is 14.1. The van der Waals surface area contributed by atoms with Gasteiger partial charge in [0, 0.05) is 30.8 Å². The van der Waals surface area contributed by atoms with E-state index < -0.39 is 18.1 Å². The van der Waals surface area contributed by atoms with E-state index in [1.807, 2.05) is 36.4 Å². The molecule has 1 atom stereocenters. The number of amides is 1. The standard InChI is InChI=1S/C21H19NO4/c1-2-7-14(12-20(23)24)22-21(25)26-13-19-17-10-5-3-8-15(17)16-9-4-6-11-18(16)19/h1,3-6,8-11,14,19H,7,12-13H2,(H,22,25)(H,23,24)/p-1/t14-/m0/s1. The van der Waals surface area contributed by atoms with Crippen LogP contribution in [0.1, 0.15) is 29.9 Å². The van der Waals surface area contributed by atoms with Gasteiger partial charge in [-0.05, 0) is 22.3 Å². The lowest BCUT2D eigenvalue weighted by atomic mass is 9.98. The molecule has 0 spiro atoms. The molecule has 0 saturated carbocycles. The number of aliphatic carboxylic acids is 1. The van der Waals surface area contributed by atoms with Crippen LogP contribution in [0, 0.1) is 12.3 Å². The highest BCUT2D eigenvalue weighted by atomic mass is 16.5. The summed E-state index contributed by atoms with van der Waals surface area (Å²) in [5.74, 6) is 1.01. The molecule has 0 unspecified atom stereocenters. The first-order valence-electron chi connectivity index (χ1n) is 8.35. The Balaban J connectivity index is 1.69. The van der Waals surface area contributed by atoms with Crippen LogP contribution in [0.2, 0.25) is 0 Å². The number of terminal acetylenes is 1. The molecule has 0 aromatic heterocycles. The van der Waals surface area contributed by atoms with E-state index in [1.165, 1.54) is 0 Å². The molecule has 0 aliphatic heterocycles. The van der Waals surface area contributed by atoms with Crippen molar-refractivity contribution in [2.75, 3.05) is 6.61 Å². The average molecular weight is 348 g/mol. The number of hydrogen-bond acceptors (Lipinski definition) is 4. The third kappa shape index (κ3) is 3.70. The third-order valence-corrected chi connectivity index (χ3v) is 4.44. The summed E-state index contributed by atoms with van der Waals surface area (Å²) in [5, 5.41) is 13.2. The molecule has 132 valence electrons. The molecule has 0 saturated heterocycles. The lowest BCUT2D eigenvalue weighted by molar-refractivity contribution is -0.306. The molecule has 3 rings (SSSR count). The molecule has 1 N–H and O–H groups in total. The zero-order valence-electron chi connectivity index (χ0n) is 14.1. The van der Waals surface area contributed by atoms with Gasteiger partial charge in [0.15, 0.2) is 0 Å². The van der Waals surface area contributed by atoms with Crippen molar-refractivity contribution >= 4 is 12.1 Å². The molecule has 1 aliphatic carbocycles. The van der Waals surface area contributed by atoms with Gasteiger partial charge in [0.25, 0.3) is 0 Å². The van der Waals surface area contributed by atoms with Crippen LogP contribution in [0.25, 0.3) is 11.1 Å². The third-order valence-electron chi connectivity index (χ3n) is 4.44. The summed E-state index contributed by atoms with van der Waals surface area (Å²) in [5.41, 5.74) is 4.49. The first kappa shape index (κ1) is 17.6. The summed E-state index contributed by atoms with van der Waals surface area (Å²) in [6, 6.07) is 15.3. The molecule has 0 heterocycles. The highest BCUT2D eigenvalue weighted by Gasteiger charge is 2.29. The molecule has 2 aromatic rings. The van der Waals surface area contributed by atoms with Crippen LogP contribution < -0.4 is 10.4 Å². The van der Waals surface area contributed by atoms with Crippen molar-refractivity contribution in [2.24, 2.45) is 0 Å². The average Bonchev–Trinajstić information content (AvgIpc) is 2.94. The molecule has 5 nitrogen and oxygen atoms in total. The number of carbonyl (C=O) groups excluding carboxylic acids is 2. The van der Waals surface area contributed by atoms with Crippen molar-refractivity contribution in [3.05, 3.63) is 59.7 Å². The molecule has 2 aromatic carbocycles. The predicted molar refractivity (Wildman–Crippen MR) is 95.1 cm³/mol. The van der Waals surface area contributed by atoms with Gasteiger partial charge in [0.05, 0.1) is 0 Å². The fourth-order valence-corrected chi connectivity index (χ4v) is 3.32. The second kappa shape index (κ2) is 7.75. The summed E-state index contributed by atoms with van der Waals surface area (Å²) in [4.78, 5) is 22.8. The summed E-state index contributed by atoms with van der Waals surface area (Å²) in [6.45, 7) is 0.161. The maximum absolute atomic E-state index is 12.1. The van der Waals surface area contributed by atoms with Crippen molar-refractivity contribution in [2.45, 2.75) is 24.8 Å². The van der Waals surface area contributed by atoms with E-state index in [9.17, 15) is 14.7 Å². The maximum Gasteiger partial charge on any atom is 0.407 e. The highest BCUT2D eigenvalue weighted by molar-refractivity contribution is 5.79. The molecule has 0 radical (unpaired) electrons. The quantitative estimate of drug-likeness (QED) is 0.811. The Hall–Kier alpha value is -3.26. The number of benzene rings is 2. The van der Waals surface area contributed by atoms with Gasteiger partial charge < -0.3 is 20.0 Å². The van der Waals surface area contributed by atoms with Crippen molar-refractivity contribution in [3.63, 3.8) is 0 Å². The molecular weight excluding hydrogens is 330 g/mol. The van der Waals surface area contributed by atoms with Gasteiger partial charge in [0.1, 0.15) is 6.61 Å². The lowest BCUT2D eigenvalue weighted by Gasteiger charge is -2.19. The van der Waals surface area contributed by atoms with Gasteiger partial charge in [-0.15, -0.1) is 12.3 Å². The number of nitrogens with one attached hydrogen (secondary N) is 1. The van der Waals surface area contributed by atoms with E-state index in [0.717, 1.165) is 22.3 Å². The normalized spacial score (nSPS) is 13.2. The van der Waals surface area contributed by atoms with E-state index in [-0.39, 0.29) is 25.4 Å². The highest BCUT2D eigenvalue weighted by Crippen LogP contribution is 2.44. The summed E-state index contributed by atoms with van der Waals surface area (Å²) < 4.78 is 5.37. The summed E-state index contributed by atoms with van der Waals surface area (Å²) in [7, 11) is 0. The minimum atomic E-state index is -1.27. The number of ether oxygens (including phenoxy) is 1. The molecule has 0 fully saturated rings. The van der Waals surface area contributed by atoms with E-state index in [1.54, 1.807) is 0 Å². The molecule has 0 bridgehead atoms. The van der Waals surface area contributed by atoms with Crippen LogP contribution in [-0.2, 0) is 9.53 Å². The number of alkyl carbamates (subject to hydrolysis) is 1. The van der Waals surface area contributed by atoms with Crippen molar-refractivity contribution in [1.82, 2.24) is 5.32 Å². The molecular formula is C21H18NO4-. The number of fused-ring (bicyclic) bond motifs is 3. The van der Waals surface area contributed by atoms with Crippen LogP contribution in [0.3, 0.4) is 0 Å². The number of rotatable bonds is 6. The number of hydrogen-bond donors (Lipinski definition) is 1. The van der Waals surface area contributed by atoms with Crippen molar-refractivity contribution in [1.29, 1.82) is 0 Å². The summed E-state index contributed by atoms with van der Waals surface area (Å²) >= 11 is 0. The van der Waals surface area contributed by atoms with Crippen molar-refractivity contribution < 1.29 is 19.4 Å². The second-order valence-corrected chi connectivity index (χ2v) is 6.15. The smallest absolute Gasteiger partial charge is 0.407 e. The fourth-order valence-electron chi connectivity index (χ4n) is 3.32. The van der Waals surface area contributed by atoms with Gasteiger partial charge in [0.2, 0.25) is 0 Å². The second-order valence-electron chi connectivity index (χ2n) is 6.15. The van der Waals surface area contributed by atoms with Crippen LogP contribution in [-0.4, -0.2) is 24.7 Å². The van der Waals surface area contributed by atoms with Gasteiger partial charge in [-0.25, -0.2) is 4.79 Å². The summed E-state index contributed by atoms with van der Waals surface area (Å²) in [6.07, 6.45) is 4.26. The van der Waals surface area contributed by atoms with Crippen LogP contribution in [0.4, 0.5) is 4.79 Å². The van der Waals surface area contributed by atoms with Gasteiger partial charge in [-0.3, -0.25) is 0 Å². The predicted octanol–water partition coefficient (Wildman–Crippen LogP) is 2.06. The fraction of sp³-hybridized carbons (Fsp3) is 0.238. The number of carboxylic acid groups (broad SMARTS) is 1. The van der Waals surface area contributed by atoms with Crippen LogP contribution in [0.15, 0.2) is 48.5 Å². The maximum atomic E-state index is 12.1. The first-order chi connectivity index (χ1) is 12.6. The molecule has 5 heteroatoms. The molecule has 1 aliphatic rings. The van der Waals surface area contributed by atoms with Crippen LogP contribution >= 0.6 is 0 Å². The van der Waals surface area contributed by atoms with Gasteiger partial charge in [-0.1, -0.05) is 48.5 Å². The monoisotopic (exact) mass is 348 g/mol. The Kier molecular flexibility index (Phi) is 5.23. The van der Waals surface area contributed by atoms with Crippen molar-refractivity contribution in [3.8, 4) is 23.5 Å². The SMILES string of the molecule is C#CC[C@@H](CC(=O)[O-])NC(=O)OCC1c2ccccc2-c2ccccc21. The number of carboxylic acids is 1.